The second kappa shape index (κ2) is 6.20. The molecule has 0 amide bonds. The molecule has 0 heterocycles. The first-order chi connectivity index (χ1) is 6.34. The summed E-state index contributed by atoms with van der Waals surface area (Å²) in [6.45, 7) is 2.21. The standard InChI is InChI=1S/C12H22O/c1-2-3-4-5-8-11-9-6-7-10-12(11)13/h5,8,11-13H,2-4,6-7,9-10H2,1H3/b8-5+/t11-,12-/m0/s1. The molecule has 1 saturated carbocycles. The van der Waals surface area contributed by atoms with Crippen molar-refractivity contribution in [3.8, 4) is 0 Å². The number of hydrogen-bond donors (Lipinski definition) is 1. The van der Waals surface area contributed by atoms with E-state index in [0.717, 1.165) is 6.42 Å². The summed E-state index contributed by atoms with van der Waals surface area (Å²) in [6, 6.07) is 0. The molecule has 0 radical (unpaired) electrons. The van der Waals surface area contributed by atoms with Crippen LogP contribution in [-0.4, -0.2) is 11.2 Å². The van der Waals surface area contributed by atoms with Gasteiger partial charge < -0.3 is 5.11 Å². The quantitative estimate of drug-likeness (QED) is 0.522. The lowest BCUT2D eigenvalue weighted by Crippen LogP contribution is -2.22. The Labute approximate surface area is 81.9 Å². The summed E-state index contributed by atoms with van der Waals surface area (Å²) in [5.74, 6) is 0.450. The fourth-order valence-electron chi connectivity index (χ4n) is 1.96. The third-order valence-corrected chi connectivity index (χ3v) is 2.89. The fraction of sp³-hybridized carbons (Fsp3) is 0.833. The molecule has 1 aliphatic rings. The van der Waals surface area contributed by atoms with Crippen LogP contribution in [0.3, 0.4) is 0 Å². The van der Waals surface area contributed by atoms with Crippen molar-refractivity contribution in [3.05, 3.63) is 12.2 Å². The molecule has 0 spiro atoms. The molecule has 13 heavy (non-hydrogen) atoms. The molecule has 0 unspecified atom stereocenters. The summed E-state index contributed by atoms with van der Waals surface area (Å²) in [4.78, 5) is 0. The van der Waals surface area contributed by atoms with Crippen LogP contribution in [0.4, 0.5) is 0 Å². The molecule has 1 aliphatic carbocycles. The highest BCUT2D eigenvalue weighted by molar-refractivity contribution is 4.93. The second-order valence-corrected chi connectivity index (χ2v) is 4.09. The van der Waals surface area contributed by atoms with Gasteiger partial charge in [0.05, 0.1) is 6.10 Å². The van der Waals surface area contributed by atoms with Gasteiger partial charge in [0.2, 0.25) is 0 Å². The Hall–Kier alpha value is -0.300. The van der Waals surface area contributed by atoms with Gasteiger partial charge in [-0.25, -0.2) is 0 Å². The SMILES string of the molecule is CCCC/C=C/[C@H]1CCCC[C@@H]1O. The molecule has 76 valence electrons. The van der Waals surface area contributed by atoms with Crippen molar-refractivity contribution in [2.24, 2.45) is 5.92 Å². The van der Waals surface area contributed by atoms with Crippen molar-refractivity contribution in [1.82, 2.24) is 0 Å². The van der Waals surface area contributed by atoms with E-state index in [9.17, 15) is 5.11 Å². The molecular formula is C12H22O. The molecule has 1 nitrogen and oxygen atoms in total. The Morgan fingerprint density at radius 3 is 2.77 bits per heavy atom. The summed E-state index contributed by atoms with van der Waals surface area (Å²) < 4.78 is 0. The number of hydrogen-bond acceptors (Lipinski definition) is 1. The Kier molecular flexibility index (Phi) is 5.14. The van der Waals surface area contributed by atoms with E-state index in [2.05, 4.69) is 19.1 Å². The lowest BCUT2D eigenvalue weighted by atomic mass is 9.86. The third kappa shape index (κ3) is 3.95. The summed E-state index contributed by atoms with van der Waals surface area (Å²) in [6.07, 6.45) is 12.8. The van der Waals surface area contributed by atoms with E-state index in [1.54, 1.807) is 0 Å². The summed E-state index contributed by atoms with van der Waals surface area (Å²) >= 11 is 0. The molecule has 0 bridgehead atoms. The van der Waals surface area contributed by atoms with Gasteiger partial charge in [0.25, 0.3) is 0 Å². The van der Waals surface area contributed by atoms with Gasteiger partial charge in [0, 0.05) is 5.92 Å². The zero-order valence-electron chi connectivity index (χ0n) is 8.71. The van der Waals surface area contributed by atoms with Crippen LogP contribution < -0.4 is 0 Å². The molecule has 0 aliphatic heterocycles. The topological polar surface area (TPSA) is 20.2 Å². The van der Waals surface area contributed by atoms with Crippen LogP contribution in [0, 0.1) is 5.92 Å². The molecule has 1 N–H and O–H groups in total. The monoisotopic (exact) mass is 182 g/mol. The van der Waals surface area contributed by atoms with Crippen LogP contribution in [0.15, 0.2) is 12.2 Å². The zero-order valence-corrected chi connectivity index (χ0v) is 8.71. The minimum absolute atomic E-state index is 0.0633. The minimum Gasteiger partial charge on any atom is -0.393 e. The second-order valence-electron chi connectivity index (χ2n) is 4.09. The van der Waals surface area contributed by atoms with E-state index in [1.165, 1.54) is 38.5 Å². The van der Waals surface area contributed by atoms with E-state index in [1.807, 2.05) is 0 Å². The third-order valence-electron chi connectivity index (χ3n) is 2.89. The number of rotatable bonds is 4. The molecule has 2 atom stereocenters. The molecule has 0 aromatic carbocycles. The normalized spacial score (nSPS) is 29.7. The van der Waals surface area contributed by atoms with Crippen LogP contribution in [0.2, 0.25) is 0 Å². The summed E-state index contributed by atoms with van der Waals surface area (Å²) in [7, 11) is 0. The number of unbranched alkanes of at least 4 members (excludes halogenated alkanes) is 2. The summed E-state index contributed by atoms with van der Waals surface area (Å²) in [5, 5.41) is 9.67. The smallest absolute Gasteiger partial charge is 0.0602 e. The summed E-state index contributed by atoms with van der Waals surface area (Å²) in [5.41, 5.74) is 0. The Bertz CT molecular complexity index is 151. The van der Waals surface area contributed by atoms with Gasteiger partial charge >= 0.3 is 0 Å². The van der Waals surface area contributed by atoms with Crippen molar-refractivity contribution in [1.29, 1.82) is 0 Å². The fourth-order valence-corrected chi connectivity index (χ4v) is 1.96. The molecule has 0 aromatic heterocycles. The largest absolute Gasteiger partial charge is 0.393 e. The lowest BCUT2D eigenvalue weighted by molar-refractivity contribution is 0.0926. The maximum Gasteiger partial charge on any atom is 0.0602 e. The van der Waals surface area contributed by atoms with E-state index in [4.69, 9.17) is 0 Å². The van der Waals surface area contributed by atoms with Crippen molar-refractivity contribution < 1.29 is 5.11 Å². The predicted molar refractivity (Wildman–Crippen MR) is 56.6 cm³/mol. The van der Waals surface area contributed by atoms with Gasteiger partial charge in [-0.15, -0.1) is 0 Å². The van der Waals surface area contributed by atoms with Gasteiger partial charge in [0.15, 0.2) is 0 Å². The van der Waals surface area contributed by atoms with Crippen LogP contribution in [0.25, 0.3) is 0 Å². The number of aliphatic hydroxyl groups excluding tert-OH is 1. The number of aliphatic hydroxyl groups is 1. The zero-order chi connectivity index (χ0) is 9.52. The van der Waals surface area contributed by atoms with Gasteiger partial charge in [-0.05, 0) is 19.3 Å². The molecule has 0 aromatic rings. The van der Waals surface area contributed by atoms with Crippen molar-refractivity contribution >= 4 is 0 Å². The minimum atomic E-state index is -0.0633. The van der Waals surface area contributed by atoms with Crippen LogP contribution in [0.1, 0.15) is 51.9 Å². The molecule has 1 rings (SSSR count). The van der Waals surface area contributed by atoms with Crippen molar-refractivity contribution in [2.45, 2.75) is 58.0 Å². The van der Waals surface area contributed by atoms with Gasteiger partial charge in [0.1, 0.15) is 0 Å². The Morgan fingerprint density at radius 1 is 1.31 bits per heavy atom. The van der Waals surface area contributed by atoms with E-state index >= 15 is 0 Å². The maximum atomic E-state index is 9.67. The first-order valence-corrected chi connectivity index (χ1v) is 5.69. The molecular weight excluding hydrogens is 160 g/mol. The predicted octanol–water partition coefficient (Wildman–Crippen LogP) is 3.28. The Balaban J connectivity index is 2.21. The first-order valence-electron chi connectivity index (χ1n) is 5.69. The van der Waals surface area contributed by atoms with E-state index in [0.29, 0.717) is 5.92 Å². The lowest BCUT2D eigenvalue weighted by Gasteiger charge is -2.24. The average molecular weight is 182 g/mol. The van der Waals surface area contributed by atoms with Gasteiger partial charge in [-0.3, -0.25) is 0 Å². The average Bonchev–Trinajstić information content (AvgIpc) is 2.15. The number of allylic oxidation sites excluding steroid dienone is 1. The highest BCUT2D eigenvalue weighted by Crippen LogP contribution is 2.25. The van der Waals surface area contributed by atoms with E-state index < -0.39 is 0 Å². The van der Waals surface area contributed by atoms with Crippen LogP contribution in [-0.2, 0) is 0 Å². The van der Waals surface area contributed by atoms with E-state index in [-0.39, 0.29) is 6.10 Å². The molecule has 1 fully saturated rings. The molecule has 0 saturated heterocycles. The van der Waals surface area contributed by atoms with Crippen molar-refractivity contribution in [3.63, 3.8) is 0 Å². The van der Waals surface area contributed by atoms with Gasteiger partial charge in [-0.1, -0.05) is 44.8 Å². The van der Waals surface area contributed by atoms with Crippen molar-refractivity contribution in [2.75, 3.05) is 0 Å². The highest BCUT2D eigenvalue weighted by Gasteiger charge is 2.19. The maximum absolute atomic E-state index is 9.67. The van der Waals surface area contributed by atoms with Gasteiger partial charge in [-0.2, -0.15) is 0 Å². The van der Waals surface area contributed by atoms with Crippen LogP contribution in [0.5, 0.6) is 0 Å². The highest BCUT2D eigenvalue weighted by atomic mass is 16.3. The van der Waals surface area contributed by atoms with Crippen LogP contribution >= 0.6 is 0 Å². The molecule has 1 heteroatoms. The Morgan fingerprint density at radius 2 is 2.08 bits per heavy atom. The first kappa shape index (κ1) is 10.8.